The van der Waals surface area contributed by atoms with Crippen molar-refractivity contribution in [3.63, 3.8) is 0 Å². The minimum atomic E-state index is 0.392. The predicted molar refractivity (Wildman–Crippen MR) is 110 cm³/mol. The topological polar surface area (TPSA) is 0 Å². The Bertz CT molecular complexity index is 896. The molecule has 0 aromatic carbocycles. The zero-order valence-electron chi connectivity index (χ0n) is 12.9. The van der Waals surface area contributed by atoms with E-state index in [2.05, 4.69) is 128 Å². The number of allylic oxidation sites excluding steroid dienone is 5. The molecule has 0 fully saturated rings. The van der Waals surface area contributed by atoms with Crippen molar-refractivity contribution in [2.24, 2.45) is 0 Å². The number of rotatable bonds is 0. The minimum absolute atomic E-state index is 0.392. The standard InChI is InChI=1S/C22H12S2/c1-18(6-8-19(2)10-12-21(4)14-16-23)7-9-20(3)11-13-22(5)15-17-24/h23-24H,1-5H2. The van der Waals surface area contributed by atoms with Gasteiger partial charge in [-0.2, -0.15) is 0 Å². The van der Waals surface area contributed by atoms with Crippen molar-refractivity contribution in [3.05, 3.63) is 60.8 Å². The fourth-order valence-electron chi connectivity index (χ4n) is 0.895. The van der Waals surface area contributed by atoms with E-state index in [1.54, 1.807) is 0 Å². The van der Waals surface area contributed by atoms with Crippen LogP contribution in [0.1, 0.15) is 0 Å². The van der Waals surface area contributed by atoms with Gasteiger partial charge in [-0.25, -0.2) is 0 Å². The van der Waals surface area contributed by atoms with E-state index < -0.39 is 0 Å². The lowest BCUT2D eigenvalue weighted by Crippen LogP contribution is -1.75. The summed E-state index contributed by atoms with van der Waals surface area (Å²) in [6.45, 7) is 18.4. The summed E-state index contributed by atoms with van der Waals surface area (Å²) in [6, 6.07) is 0. The second-order valence-corrected chi connectivity index (χ2v) is 4.31. The lowest BCUT2D eigenvalue weighted by molar-refractivity contribution is 1.87. The van der Waals surface area contributed by atoms with Crippen LogP contribution in [-0.2, 0) is 0 Å². The van der Waals surface area contributed by atoms with E-state index in [-0.39, 0.29) is 0 Å². The Labute approximate surface area is 155 Å². The fourth-order valence-corrected chi connectivity index (χ4v) is 1.16. The molecule has 112 valence electrons. The molecular weight excluding hydrogens is 328 g/mol. The molecule has 0 rings (SSSR count). The summed E-state index contributed by atoms with van der Waals surface area (Å²) in [5, 5.41) is 4.80. The third-order valence-corrected chi connectivity index (χ3v) is 2.09. The first kappa shape index (κ1) is 20.8. The molecule has 0 nitrogen and oxygen atoms in total. The van der Waals surface area contributed by atoms with Crippen LogP contribution in [0.4, 0.5) is 0 Å². The molecule has 0 saturated carbocycles. The largest absolute Gasteiger partial charge is 0.0918 e. The quantitative estimate of drug-likeness (QED) is 0.489. The first-order valence-electron chi connectivity index (χ1n) is 6.21. The number of hydrogen-bond acceptors (Lipinski definition) is 2. The van der Waals surface area contributed by atoms with Crippen LogP contribution in [0.5, 0.6) is 0 Å². The molecule has 2 heteroatoms. The van der Waals surface area contributed by atoms with Crippen LogP contribution < -0.4 is 0 Å². The summed E-state index contributed by atoms with van der Waals surface area (Å²) in [7, 11) is 0. The van der Waals surface area contributed by atoms with E-state index in [0.717, 1.165) is 0 Å². The van der Waals surface area contributed by atoms with Crippen LogP contribution in [0.3, 0.4) is 0 Å². The summed E-state index contributed by atoms with van der Waals surface area (Å²) in [5.74, 6) is 27.0. The van der Waals surface area contributed by atoms with Gasteiger partial charge in [0.2, 0.25) is 0 Å². The van der Waals surface area contributed by atoms with Gasteiger partial charge < -0.3 is 0 Å². The molecule has 24 heavy (non-hydrogen) atoms. The van der Waals surface area contributed by atoms with Gasteiger partial charge in [-0.1, -0.05) is 106 Å². The molecule has 0 radical (unpaired) electrons. The molecule has 0 atom stereocenters. The fraction of sp³-hybridized carbons (Fsp3) is 0. The van der Waals surface area contributed by atoms with Gasteiger partial charge in [-0.15, -0.1) is 0 Å². The van der Waals surface area contributed by atoms with Gasteiger partial charge in [0.25, 0.3) is 0 Å². The highest BCUT2D eigenvalue weighted by Gasteiger charge is 1.84. The van der Waals surface area contributed by atoms with Crippen LogP contribution in [0.25, 0.3) is 0 Å². The van der Waals surface area contributed by atoms with Crippen molar-refractivity contribution >= 4 is 25.3 Å². The first-order valence-corrected chi connectivity index (χ1v) is 7.11. The SMILES string of the molecule is C=C(C#CS)C#CC(=C)C#CC(=C)C#CC(=C)C#CC(=C)C#CS. The third kappa shape index (κ3) is 11.4. The monoisotopic (exact) mass is 340 g/mol. The van der Waals surface area contributed by atoms with Gasteiger partial charge in [0, 0.05) is 0 Å². The Hall–Kier alpha value is -3.24. The van der Waals surface area contributed by atoms with E-state index in [0.29, 0.717) is 27.9 Å². The van der Waals surface area contributed by atoms with Crippen LogP contribution in [0.15, 0.2) is 60.8 Å². The molecule has 0 heterocycles. The Morgan fingerprint density at radius 2 is 0.542 bits per heavy atom. The van der Waals surface area contributed by atoms with E-state index in [9.17, 15) is 0 Å². The average molecular weight is 340 g/mol. The summed E-state index contributed by atoms with van der Waals surface area (Å²) in [6.07, 6.45) is 0. The summed E-state index contributed by atoms with van der Waals surface area (Å²) >= 11 is 7.50. The highest BCUT2D eigenvalue weighted by atomic mass is 32.1. The Balaban J connectivity index is 4.83. The minimum Gasteiger partial charge on any atom is -0.0918 e. The summed E-state index contributed by atoms with van der Waals surface area (Å²) < 4.78 is 0. The highest BCUT2D eigenvalue weighted by molar-refractivity contribution is 7.85. The molecular formula is C22H12S2. The number of thiol groups is 2. The first-order chi connectivity index (χ1) is 11.4. The second-order valence-electron chi connectivity index (χ2n) is 3.87. The maximum Gasteiger partial charge on any atom is 0.0685 e. The van der Waals surface area contributed by atoms with E-state index >= 15 is 0 Å². The lowest BCUT2D eigenvalue weighted by atomic mass is 10.2. The molecule has 0 aliphatic heterocycles. The maximum absolute atomic E-state index is 3.75. The Morgan fingerprint density at radius 1 is 0.375 bits per heavy atom. The van der Waals surface area contributed by atoms with Gasteiger partial charge in [-0.05, 0) is 22.3 Å². The highest BCUT2D eigenvalue weighted by Crippen LogP contribution is 1.92. The molecule has 0 aromatic heterocycles. The van der Waals surface area contributed by atoms with Crippen LogP contribution in [0, 0.1) is 69.7 Å². The maximum atomic E-state index is 3.75. The van der Waals surface area contributed by atoms with Crippen molar-refractivity contribution in [1.29, 1.82) is 0 Å². The summed E-state index contributed by atoms with van der Waals surface area (Å²) in [4.78, 5) is 0. The molecule has 0 N–H and O–H groups in total. The van der Waals surface area contributed by atoms with E-state index in [1.807, 2.05) is 0 Å². The normalized spacial score (nSPS) is 6.42. The zero-order chi connectivity index (χ0) is 18.4. The van der Waals surface area contributed by atoms with Gasteiger partial charge in [-0.3, -0.25) is 0 Å². The van der Waals surface area contributed by atoms with Crippen LogP contribution in [0.2, 0.25) is 0 Å². The second kappa shape index (κ2) is 12.3. The molecule has 0 amide bonds. The van der Waals surface area contributed by atoms with Gasteiger partial charge in [0.1, 0.15) is 0 Å². The molecule has 0 aromatic rings. The number of hydrogen-bond donors (Lipinski definition) is 2. The molecule has 0 saturated heterocycles. The van der Waals surface area contributed by atoms with Crippen molar-refractivity contribution in [3.8, 4) is 69.7 Å². The summed E-state index contributed by atoms with van der Waals surface area (Å²) in [5.41, 5.74) is 2.07. The molecule has 0 aliphatic carbocycles. The van der Waals surface area contributed by atoms with Crippen LogP contribution >= 0.6 is 25.3 Å². The van der Waals surface area contributed by atoms with Crippen LogP contribution in [-0.4, -0.2) is 0 Å². The van der Waals surface area contributed by atoms with Crippen molar-refractivity contribution in [2.45, 2.75) is 0 Å². The zero-order valence-corrected chi connectivity index (χ0v) is 14.7. The molecule has 0 aliphatic rings. The van der Waals surface area contributed by atoms with Crippen molar-refractivity contribution in [1.82, 2.24) is 0 Å². The predicted octanol–water partition coefficient (Wildman–Crippen LogP) is 3.56. The van der Waals surface area contributed by atoms with E-state index in [4.69, 9.17) is 0 Å². The average Bonchev–Trinajstić information content (AvgIpc) is 2.54. The smallest absolute Gasteiger partial charge is 0.0685 e. The van der Waals surface area contributed by atoms with E-state index in [1.165, 1.54) is 0 Å². The lowest BCUT2D eigenvalue weighted by Gasteiger charge is -1.83. The van der Waals surface area contributed by atoms with Gasteiger partial charge >= 0.3 is 0 Å². The Morgan fingerprint density at radius 3 is 0.708 bits per heavy atom. The van der Waals surface area contributed by atoms with Crippen molar-refractivity contribution in [2.75, 3.05) is 0 Å². The Kier molecular flexibility index (Phi) is 10.7. The molecule has 0 spiro atoms. The van der Waals surface area contributed by atoms with Gasteiger partial charge in [0.05, 0.1) is 27.9 Å². The van der Waals surface area contributed by atoms with Crippen molar-refractivity contribution < 1.29 is 0 Å². The molecule has 0 bridgehead atoms. The van der Waals surface area contributed by atoms with Gasteiger partial charge in [0.15, 0.2) is 0 Å². The molecule has 0 unspecified atom stereocenters. The third-order valence-electron chi connectivity index (χ3n) is 1.87.